The highest BCUT2D eigenvalue weighted by molar-refractivity contribution is 5.28. The van der Waals surface area contributed by atoms with Crippen LogP contribution in [0, 0.1) is 44.0 Å². The molecule has 0 aliphatic rings. The Hall–Kier alpha value is -9.61. The van der Waals surface area contributed by atoms with Gasteiger partial charge >= 0.3 is 54.1 Å². The zero-order chi connectivity index (χ0) is 50.9. The molecule has 0 saturated heterocycles. The second-order valence-corrected chi connectivity index (χ2v) is 13.4. The molecule has 0 spiro atoms. The first-order valence-electron chi connectivity index (χ1n) is 21.1. The summed E-state index contributed by atoms with van der Waals surface area (Å²) in [5, 5.41) is 0. The minimum Gasteiger partial charge on any atom is -0.497 e. The quantitative estimate of drug-likeness (QED) is 0.0424. The summed E-state index contributed by atoms with van der Waals surface area (Å²) >= 11 is 0. The SMILES string of the molecule is C#CCOc1nc(OCC#C)nc(OCC#C)n1.C=CCOc1nc(OCC=C)nc(OCC=C)n1.COc1ccc(COc2nc(OCc3ccc(C)cc3)nc(OCc3ccc(OC)cc3)n2)cc1. The Morgan fingerprint density at radius 1 is 0.380 bits per heavy atom. The van der Waals surface area contributed by atoms with Gasteiger partial charge in [-0.05, 0) is 47.9 Å². The topological polar surface area (TPSA) is 218 Å². The van der Waals surface area contributed by atoms with Crippen molar-refractivity contribution in [3.63, 3.8) is 0 Å². The van der Waals surface area contributed by atoms with E-state index in [1.54, 1.807) is 32.4 Å². The summed E-state index contributed by atoms with van der Waals surface area (Å²) in [5.74, 6) is 8.36. The van der Waals surface area contributed by atoms with Crippen molar-refractivity contribution in [1.29, 1.82) is 0 Å². The number of nitrogens with zero attached hydrogens (tertiary/aromatic N) is 9. The molecule has 6 aromatic rings. The Morgan fingerprint density at radius 3 is 0.859 bits per heavy atom. The highest BCUT2D eigenvalue weighted by Crippen LogP contribution is 2.21. The molecule has 3 heterocycles. The van der Waals surface area contributed by atoms with Gasteiger partial charge in [0.1, 0.15) is 51.1 Å². The molecule has 0 bridgehead atoms. The summed E-state index contributed by atoms with van der Waals surface area (Å²) in [6.45, 7) is 14.4. The third kappa shape index (κ3) is 20.8. The largest absolute Gasteiger partial charge is 0.497 e. The van der Waals surface area contributed by atoms with Gasteiger partial charge in [0.15, 0.2) is 19.8 Å². The Balaban J connectivity index is 0.000000257. The van der Waals surface area contributed by atoms with E-state index in [9.17, 15) is 0 Å². The van der Waals surface area contributed by atoms with Crippen molar-refractivity contribution < 1.29 is 52.1 Å². The molecule has 0 N–H and O–H groups in total. The van der Waals surface area contributed by atoms with Gasteiger partial charge in [-0.25, -0.2) is 0 Å². The predicted octanol–water partition coefficient (Wildman–Crippen LogP) is 6.41. The lowest BCUT2D eigenvalue weighted by Gasteiger charge is -2.11. The van der Waals surface area contributed by atoms with Crippen molar-refractivity contribution in [3.8, 4) is 103 Å². The zero-order valence-electron chi connectivity index (χ0n) is 39.4. The molecule has 0 unspecified atom stereocenters. The van der Waals surface area contributed by atoms with Gasteiger partial charge < -0.3 is 52.1 Å². The first kappa shape index (κ1) is 54.0. The highest BCUT2D eigenvalue weighted by Gasteiger charge is 2.13. The summed E-state index contributed by atoms with van der Waals surface area (Å²) in [5.41, 5.74) is 4.05. The number of ether oxygens (including phenoxy) is 11. The number of aromatic nitrogens is 9. The standard InChI is InChI=1S/C27H27N3O5.C12H15N3O3.C12H9N3O3/c1-19-4-6-20(7-5-19)16-33-25-28-26(34-17-21-8-12-23(31-2)13-9-21)30-27(29-25)35-18-22-10-14-24(32-3)15-11-22;2*1-4-7-16-10-13-11(17-8-5-2)15-12(14-10)18-9-6-3/h4-15H,16-18H2,1-3H3;4-6H,1-3,7-9H2;1-3H,7-9H2. The van der Waals surface area contributed by atoms with Crippen molar-refractivity contribution >= 4 is 0 Å². The minimum absolute atomic E-state index is 0.00711. The molecular weight excluding hydrogens is 915 g/mol. The van der Waals surface area contributed by atoms with Gasteiger partial charge in [0.2, 0.25) is 0 Å². The van der Waals surface area contributed by atoms with E-state index in [1.807, 2.05) is 79.7 Å². The van der Waals surface area contributed by atoms with Gasteiger partial charge in [-0.2, -0.15) is 0 Å². The van der Waals surface area contributed by atoms with Crippen LogP contribution in [-0.2, 0) is 19.8 Å². The van der Waals surface area contributed by atoms with Crippen LogP contribution in [0.3, 0.4) is 0 Å². The lowest BCUT2D eigenvalue weighted by atomic mass is 10.2. The lowest BCUT2D eigenvalue weighted by molar-refractivity contribution is 0.223. The van der Waals surface area contributed by atoms with Crippen molar-refractivity contribution in [2.75, 3.05) is 53.9 Å². The second kappa shape index (κ2) is 31.4. The van der Waals surface area contributed by atoms with Gasteiger partial charge in [-0.15, -0.1) is 64.1 Å². The summed E-state index contributed by atoms with van der Waals surface area (Å²) in [4.78, 5) is 36.2. The Labute approximate surface area is 412 Å². The number of hydrogen-bond donors (Lipinski definition) is 0. The van der Waals surface area contributed by atoms with Crippen molar-refractivity contribution in [3.05, 3.63) is 133 Å². The van der Waals surface area contributed by atoms with E-state index < -0.39 is 0 Å². The average Bonchev–Trinajstić information content (AvgIpc) is 3.41. The molecule has 0 aliphatic heterocycles. The number of benzene rings is 3. The third-order valence-electron chi connectivity index (χ3n) is 8.11. The fraction of sp³-hybridized carbons (Fsp3) is 0.235. The van der Waals surface area contributed by atoms with E-state index in [2.05, 4.69) is 82.4 Å². The van der Waals surface area contributed by atoms with Crippen LogP contribution in [0.5, 0.6) is 65.6 Å². The van der Waals surface area contributed by atoms with Crippen LogP contribution in [-0.4, -0.2) is 98.7 Å². The summed E-state index contributed by atoms with van der Waals surface area (Å²) in [6, 6.07) is 23.8. The van der Waals surface area contributed by atoms with E-state index in [-0.39, 0.29) is 107 Å². The number of hydrogen-bond acceptors (Lipinski definition) is 20. The van der Waals surface area contributed by atoms with Crippen molar-refractivity contribution in [2.45, 2.75) is 26.7 Å². The molecule has 0 radical (unpaired) electrons. The Bertz CT molecular complexity index is 2470. The van der Waals surface area contributed by atoms with Crippen LogP contribution in [0.25, 0.3) is 0 Å². The minimum atomic E-state index is -0.0259. The van der Waals surface area contributed by atoms with E-state index in [0.29, 0.717) is 6.61 Å². The van der Waals surface area contributed by atoms with Crippen LogP contribution >= 0.6 is 0 Å². The molecule has 20 heteroatoms. The van der Waals surface area contributed by atoms with Crippen molar-refractivity contribution in [2.24, 2.45) is 0 Å². The van der Waals surface area contributed by atoms with Gasteiger partial charge in [0.05, 0.1) is 14.2 Å². The molecule has 3 aromatic heterocycles. The number of terminal acetylenes is 3. The maximum atomic E-state index is 5.82. The molecule has 71 heavy (non-hydrogen) atoms. The summed E-state index contributed by atoms with van der Waals surface area (Å²) in [6.07, 6.45) is 19.9. The monoisotopic (exact) mass is 965 g/mol. The average molecular weight is 966 g/mol. The molecule has 0 atom stereocenters. The molecule has 0 amide bonds. The second-order valence-electron chi connectivity index (χ2n) is 13.4. The normalized spacial score (nSPS) is 9.69. The molecule has 3 aromatic carbocycles. The maximum Gasteiger partial charge on any atom is 0.326 e. The third-order valence-corrected chi connectivity index (χ3v) is 8.11. The molecule has 366 valence electrons. The van der Waals surface area contributed by atoms with Gasteiger partial charge in [-0.1, -0.05) is 110 Å². The zero-order valence-corrected chi connectivity index (χ0v) is 39.4. The highest BCUT2D eigenvalue weighted by atomic mass is 16.5. The van der Waals surface area contributed by atoms with Crippen LogP contribution in [0.15, 0.2) is 111 Å². The molecule has 6 rings (SSSR count). The van der Waals surface area contributed by atoms with Crippen LogP contribution < -0.4 is 52.1 Å². The van der Waals surface area contributed by atoms with E-state index in [4.69, 9.17) is 71.4 Å². The first-order chi connectivity index (χ1) is 34.7. The van der Waals surface area contributed by atoms with Gasteiger partial charge in [0.25, 0.3) is 0 Å². The predicted molar refractivity (Wildman–Crippen MR) is 260 cm³/mol. The van der Waals surface area contributed by atoms with Crippen LogP contribution in [0.2, 0.25) is 0 Å². The van der Waals surface area contributed by atoms with Crippen LogP contribution in [0.1, 0.15) is 22.3 Å². The fourth-order valence-electron chi connectivity index (χ4n) is 4.83. The van der Waals surface area contributed by atoms with Crippen LogP contribution in [0.4, 0.5) is 0 Å². The molecule has 20 nitrogen and oxygen atoms in total. The van der Waals surface area contributed by atoms with Crippen molar-refractivity contribution in [1.82, 2.24) is 44.9 Å². The van der Waals surface area contributed by atoms with E-state index >= 15 is 0 Å². The molecule has 0 aliphatic carbocycles. The van der Waals surface area contributed by atoms with Gasteiger partial charge in [-0.3, -0.25) is 0 Å². The number of aryl methyl sites for hydroxylation is 1. The molecule has 0 fully saturated rings. The van der Waals surface area contributed by atoms with E-state index in [1.165, 1.54) is 5.56 Å². The summed E-state index contributed by atoms with van der Waals surface area (Å²) in [7, 11) is 3.25. The molecule has 0 saturated carbocycles. The summed E-state index contributed by atoms with van der Waals surface area (Å²) < 4.78 is 58.6. The Morgan fingerprint density at radius 2 is 0.620 bits per heavy atom. The molecular formula is C51H51N9O11. The van der Waals surface area contributed by atoms with Gasteiger partial charge in [0, 0.05) is 0 Å². The maximum absolute atomic E-state index is 5.82. The Kier molecular flexibility index (Phi) is 23.9. The number of methoxy groups -OCH3 is 2. The lowest BCUT2D eigenvalue weighted by Crippen LogP contribution is -2.07. The fourth-order valence-corrected chi connectivity index (χ4v) is 4.83. The smallest absolute Gasteiger partial charge is 0.326 e. The van der Waals surface area contributed by atoms with E-state index in [0.717, 1.165) is 28.2 Å². The first-order valence-corrected chi connectivity index (χ1v) is 21.1. The number of rotatable bonds is 26.